The molecule has 3 heteroatoms. The fourth-order valence-corrected chi connectivity index (χ4v) is 2.61. The maximum atomic E-state index is 11.2. The molecule has 0 aliphatic heterocycles. The van der Waals surface area contributed by atoms with Crippen molar-refractivity contribution in [2.45, 2.75) is 72.6 Å². The third-order valence-electron chi connectivity index (χ3n) is 3.21. The summed E-state index contributed by atoms with van der Waals surface area (Å²) in [5.41, 5.74) is 0.378. The normalized spacial score (nSPS) is 15.2. The summed E-state index contributed by atoms with van der Waals surface area (Å²) in [7, 11) is 0.125. The molecule has 0 aromatic rings. The van der Waals surface area contributed by atoms with Gasteiger partial charge in [-0.05, 0) is 37.0 Å². The van der Waals surface area contributed by atoms with Crippen molar-refractivity contribution in [2.75, 3.05) is 6.61 Å². The van der Waals surface area contributed by atoms with Gasteiger partial charge in [0, 0.05) is 6.61 Å². The van der Waals surface area contributed by atoms with Crippen molar-refractivity contribution in [3.8, 4) is 0 Å². The van der Waals surface area contributed by atoms with Crippen LogP contribution in [0.2, 0.25) is 0 Å². The van der Waals surface area contributed by atoms with Crippen LogP contribution in [0.4, 0.5) is 0 Å². The van der Waals surface area contributed by atoms with Crippen LogP contribution >= 0.6 is 8.46 Å². The SMILES string of the molecule is CCC(CC)(OCCC(C)CC(C)(C)C)P=O. The minimum absolute atomic E-state index is 0.125. The first-order valence-corrected chi connectivity index (χ1v) is 7.58. The minimum atomic E-state index is -0.443. The molecular weight excluding hydrogens is 231 g/mol. The molecule has 0 bridgehead atoms. The van der Waals surface area contributed by atoms with E-state index in [2.05, 4.69) is 27.7 Å². The summed E-state index contributed by atoms with van der Waals surface area (Å²) in [6.45, 7) is 13.9. The summed E-state index contributed by atoms with van der Waals surface area (Å²) in [5, 5.41) is -0.443. The molecule has 0 fully saturated rings. The zero-order chi connectivity index (χ0) is 13.5. The van der Waals surface area contributed by atoms with Crippen LogP contribution < -0.4 is 0 Å². The second kappa shape index (κ2) is 7.48. The Morgan fingerprint density at radius 1 is 1.18 bits per heavy atom. The lowest BCUT2D eigenvalue weighted by Crippen LogP contribution is -2.25. The molecule has 0 rings (SSSR count). The predicted octanol–water partition coefficient (Wildman–Crippen LogP) is 5.27. The summed E-state index contributed by atoms with van der Waals surface area (Å²) in [6, 6.07) is 0. The van der Waals surface area contributed by atoms with E-state index in [1.165, 1.54) is 6.42 Å². The molecule has 0 spiro atoms. The Morgan fingerprint density at radius 3 is 2.06 bits per heavy atom. The molecule has 0 N–H and O–H groups in total. The Labute approximate surface area is 109 Å². The smallest absolute Gasteiger partial charge is 0.190 e. The molecule has 1 unspecified atom stereocenters. The summed E-state index contributed by atoms with van der Waals surface area (Å²) < 4.78 is 17.0. The molecule has 0 aliphatic carbocycles. The van der Waals surface area contributed by atoms with Crippen molar-refractivity contribution in [1.29, 1.82) is 0 Å². The molecule has 17 heavy (non-hydrogen) atoms. The van der Waals surface area contributed by atoms with Crippen molar-refractivity contribution in [1.82, 2.24) is 0 Å². The third kappa shape index (κ3) is 7.16. The van der Waals surface area contributed by atoms with E-state index in [4.69, 9.17) is 4.74 Å². The van der Waals surface area contributed by atoms with Crippen LogP contribution in [-0.4, -0.2) is 11.9 Å². The van der Waals surface area contributed by atoms with Gasteiger partial charge in [-0.3, -0.25) is 4.57 Å². The summed E-state index contributed by atoms with van der Waals surface area (Å²) in [5.74, 6) is 0.657. The number of rotatable bonds is 8. The standard InChI is InChI=1S/C14H29O2P/c1-7-14(8-2,17-15)16-10-9-12(3)11-13(4,5)6/h12H,7-11H2,1-6H3. The summed E-state index contributed by atoms with van der Waals surface area (Å²) >= 11 is 0. The molecule has 0 saturated carbocycles. The van der Waals surface area contributed by atoms with Gasteiger partial charge in [0.15, 0.2) is 8.46 Å². The predicted molar refractivity (Wildman–Crippen MR) is 74.7 cm³/mol. The molecule has 1 atom stereocenters. The first-order valence-electron chi connectivity index (χ1n) is 6.77. The highest BCUT2D eigenvalue weighted by molar-refractivity contribution is 7.25. The van der Waals surface area contributed by atoms with Gasteiger partial charge in [-0.15, -0.1) is 0 Å². The second-order valence-corrected chi connectivity index (χ2v) is 7.25. The lowest BCUT2D eigenvalue weighted by molar-refractivity contribution is 0.00760. The fourth-order valence-electron chi connectivity index (χ4n) is 2.21. The van der Waals surface area contributed by atoms with E-state index in [0.717, 1.165) is 19.3 Å². The Kier molecular flexibility index (Phi) is 7.51. The van der Waals surface area contributed by atoms with Crippen molar-refractivity contribution >= 4 is 8.46 Å². The molecule has 2 nitrogen and oxygen atoms in total. The highest BCUT2D eigenvalue weighted by Crippen LogP contribution is 2.33. The highest BCUT2D eigenvalue weighted by atomic mass is 31.1. The van der Waals surface area contributed by atoms with Crippen LogP contribution in [-0.2, 0) is 9.30 Å². The van der Waals surface area contributed by atoms with Gasteiger partial charge in [0.2, 0.25) is 0 Å². The van der Waals surface area contributed by atoms with E-state index in [-0.39, 0.29) is 8.46 Å². The molecule has 0 aromatic carbocycles. The van der Waals surface area contributed by atoms with Crippen LogP contribution in [0.15, 0.2) is 0 Å². The van der Waals surface area contributed by atoms with Crippen LogP contribution in [0.5, 0.6) is 0 Å². The molecule has 0 aromatic heterocycles. The first-order chi connectivity index (χ1) is 7.78. The molecule has 0 heterocycles. The molecule has 0 amide bonds. The van der Waals surface area contributed by atoms with Crippen LogP contribution in [0, 0.1) is 11.3 Å². The Morgan fingerprint density at radius 2 is 1.71 bits per heavy atom. The quantitative estimate of drug-likeness (QED) is 0.555. The van der Waals surface area contributed by atoms with Gasteiger partial charge in [0.05, 0.1) is 0 Å². The van der Waals surface area contributed by atoms with E-state index in [0.29, 0.717) is 17.9 Å². The second-order valence-electron chi connectivity index (χ2n) is 6.25. The van der Waals surface area contributed by atoms with Gasteiger partial charge < -0.3 is 4.74 Å². The van der Waals surface area contributed by atoms with E-state index in [9.17, 15) is 4.57 Å². The van der Waals surface area contributed by atoms with Crippen LogP contribution in [0.25, 0.3) is 0 Å². The monoisotopic (exact) mass is 260 g/mol. The van der Waals surface area contributed by atoms with Crippen LogP contribution in [0.1, 0.15) is 67.2 Å². The minimum Gasteiger partial charge on any atom is -0.363 e. The zero-order valence-electron chi connectivity index (χ0n) is 12.4. The van der Waals surface area contributed by atoms with Gasteiger partial charge in [-0.1, -0.05) is 41.5 Å². The summed E-state index contributed by atoms with van der Waals surface area (Å²) in [4.78, 5) is 0. The topological polar surface area (TPSA) is 26.3 Å². The van der Waals surface area contributed by atoms with E-state index in [1.807, 2.05) is 13.8 Å². The van der Waals surface area contributed by atoms with E-state index in [1.54, 1.807) is 0 Å². The largest absolute Gasteiger partial charge is 0.363 e. The van der Waals surface area contributed by atoms with Gasteiger partial charge in [-0.2, -0.15) is 0 Å². The third-order valence-corrected chi connectivity index (χ3v) is 4.31. The lowest BCUT2D eigenvalue weighted by Gasteiger charge is -2.27. The van der Waals surface area contributed by atoms with Crippen molar-refractivity contribution in [2.24, 2.45) is 11.3 Å². The number of ether oxygens (including phenoxy) is 1. The maximum absolute atomic E-state index is 11.2. The number of hydrogen-bond acceptors (Lipinski definition) is 2. The summed E-state index contributed by atoms with van der Waals surface area (Å²) in [6.07, 6.45) is 3.87. The Bertz CT molecular complexity index is 217. The van der Waals surface area contributed by atoms with E-state index < -0.39 is 5.34 Å². The molecule has 102 valence electrons. The molecular formula is C14H29O2P. The van der Waals surface area contributed by atoms with Gasteiger partial charge in [0.1, 0.15) is 5.34 Å². The van der Waals surface area contributed by atoms with Crippen molar-refractivity contribution in [3.63, 3.8) is 0 Å². The molecule has 0 radical (unpaired) electrons. The average Bonchev–Trinajstić information content (AvgIpc) is 2.22. The average molecular weight is 260 g/mol. The lowest BCUT2D eigenvalue weighted by atomic mass is 9.84. The van der Waals surface area contributed by atoms with Gasteiger partial charge >= 0.3 is 0 Å². The fraction of sp³-hybridized carbons (Fsp3) is 1.00. The van der Waals surface area contributed by atoms with Crippen LogP contribution in [0.3, 0.4) is 0 Å². The van der Waals surface area contributed by atoms with Crippen molar-refractivity contribution < 1.29 is 9.30 Å². The maximum Gasteiger partial charge on any atom is 0.190 e. The Balaban J connectivity index is 4.01. The highest BCUT2D eigenvalue weighted by Gasteiger charge is 2.27. The molecule has 0 saturated heterocycles. The van der Waals surface area contributed by atoms with Crippen molar-refractivity contribution in [3.05, 3.63) is 0 Å². The van der Waals surface area contributed by atoms with Gasteiger partial charge in [0.25, 0.3) is 0 Å². The first kappa shape index (κ1) is 17.1. The molecule has 0 aliphatic rings. The van der Waals surface area contributed by atoms with Gasteiger partial charge in [-0.25, -0.2) is 0 Å². The number of hydrogen-bond donors (Lipinski definition) is 0. The zero-order valence-corrected chi connectivity index (χ0v) is 13.3. The van der Waals surface area contributed by atoms with E-state index >= 15 is 0 Å². The Hall–Kier alpha value is 0.0600.